The maximum atomic E-state index is 12.4. The summed E-state index contributed by atoms with van der Waals surface area (Å²) < 4.78 is 28.1. The number of anilines is 2. The van der Waals surface area contributed by atoms with Crippen molar-refractivity contribution in [3.8, 4) is 0 Å². The summed E-state index contributed by atoms with van der Waals surface area (Å²) in [6, 6.07) is 20.1. The summed E-state index contributed by atoms with van der Waals surface area (Å²) in [6.07, 6.45) is 0. The van der Waals surface area contributed by atoms with Crippen LogP contribution in [0.5, 0.6) is 0 Å². The summed E-state index contributed by atoms with van der Waals surface area (Å²) in [6.45, 7) is 1.97. The molecular formula is C20H17BrN2O3S. The van der Waals surface area contributed by atoms with Crippen molar-refractivity contribution < 1.29 is 13.2 Å². The summed E-state index contributed by atoms with van der Waals surface area (Å²) in [4.78, 5) is 12.5. The Hall–Kier alpha value is -2.64. The van der Waals surface area contributed by atoms with Crippen LogP contribution in [0.4, 0.5) is 11.4 Å². The Bertz CT molecular complexity index is 1050. The number of aryl methyl sites for hydroxylation is 1. The Morgan fingerprint density at radius 3 is 1.96 bits per heavy atom. The third kappa shape index (κ3) is 4.96. The number of carbonyl (C=O) groups is 1. The van der Waals surface area contributed by atoms with Gasteiger partial charge < -0.3 is 5.32 Å². The van der Waals surface area contributed by atoms with Crippen LogP contribution < -0.4 is 10.0 Å². The first-order valence-electron chi connectivity index (χ1n) is 8.10. The molecule has 0 atom stereocenters. The van der Waals surface area contributed by atoms with Crippen molar-refractivity contribution >= 4 is 43.2 Å². The van der Waals surface area contributed by atoms with Crippen LogP contribution in [-0.4, -0.2) is 14.3 Å². The summed E-state index contributed by atoms with van der Waals surface area (Å²) in [7, 11) is -3.69. The highest BCUT2D eigenvalue weighted by Crippen LogP contribution is 2.19. The predicted molar refractivity (Wildman–Crippen MR) is 111 cm³/mol. The molecule has 0 aliphatic rings. The van der Waals surface area contributed by atoms with Crippen molar-refractivity contribution in [3.63, 3.8) is 0 Å². The van der Waals surface area contributed by atoms with Crippen LogP contribution in [0.1, 0.15) is 15.9 Å². The molecule has 0 fully saturated rings. The van der Waals surface area contributed by atoms with E-state index in [9.17, 15) is 13.2 Å². The second-order valence-corrected chi connectivity index (χ2v) is 8.55. The summed E-state index contributed by atoms with van der Waals surface area (Å²) in [5.41, 5.74) is 2.62. The Morgan fingerprint density at radius 1 is 0.815 bits per heavy atom. The van der Waals surface area contributed by atoms with Gasteiger partial charge in [0.05, 0.1) is 4.90 Å². The summed E-state index contributed by atoms with van der Waals surface area (Å²) in [5.74, 6) is -0.263. The van der Waals surface area contributed by atoms with Crippen LogP contribution in [0, 0.1) is 6.92 Å². The maximum Gasteiger partial charge on any atom is 0.261 e. The van der Waals surface area contributed by atoms with E-state index >= 15 is 0 Å². The van der Waals surface area contributed by atoms with E-state index in [1.54, 1.807) is 36.4 Å². The smallest absolute Gasteiger partial charge is 0.261 e. The van der Waals surface area contributed by atoms with Gasteiger partial charge in [-0.1, -0.05) is 33.6 Å². The average molecular weight is 445 g/mol. The van der Waals surface area contributed by atoms with E-state index in [4.69, 9.17) is 0 Å². The molecule has 5 nitrogen and oxygen atoms in total. The largest absolute Gasteiger partial charge is 0.322 e. The summed E-state index contributed by atoms with van der Waals surface area (Å²) in [5, 5.41) is 2.80. The van der Waals surface area contributed by atoms with E-state index in [1.165, 1.54) is 12.1 Å². The molecule has 1 amide bonds. The molecule has 3 aromatic rings. The predicted octanol–water partition coefficient (Wildman–Crippen LogP) is 4.81. The third-order valence-electron chi connectivity index (χ3n) is 3.83. The standard InChI is InChI=1S/C20H17BrN2O3S/c1-14-2-8-17(9-3-14)22-20(24)15-4-10-18(11-5-15)23-27(25,26)19-12-6-16(21)7-13-19/h2-13,23H,1H3,(H,22,24). The summed E-state index contributed by atoms with van der Waals surface area (Å²) >= 11 is 3.27. The van der Waals surface area contributed by atoms with E-state index in [0.717, 1.165) is 10.0 Å². The molecule has 0 aliphatic carbocycles. The van der Waals surface area contributed by atoms with Crippen LogP contribution >= 0.6 is 15.9 Å². The number of amides is 1. The number of hydrogen-bond donors (Lipinski definition) is 2. The number of sulfonamides is 1. The van der Waals surface area contributed by atoms with Gasteiger partial charge in [-0.05, 0) is 67.6 Å². The van der Waals surface area contributed by atoms with Gasteiger partial charge in [0, 0.05) is 21.4 Å². The minimum Gasteiger partial charge on any atom is -0.322 e. The molecule has 3 rings (SSSR count). The van der Waals surface area contributed by atoms with E-state index in [2.05, 4.69) is 26.0 Å². The van der Waals surface area contributed by atoms with E-state index in [1.807, 2.05) is 31.2 Å². The second-order valence-electron chi connectivity index (χ2n) is 5.96. The molecule has 0 unspecified atom stereocenters. The quantitative estimate of drug-likeness (QED) is 0.592. The maximum absolute atomic E-state index is 12.4. The van der Waals surface area contributed by atoms with Crippen LogP contribution in [-0.2, 0) is 10.0 Å². The Morgan fingerprint density at radius 2 is 1.37 bits per heavy atom. The van der Waals surface area contributed by atoms with Crippen LogP contribution in [0.2, 0.25) is 0 Å². The lowest BCUT2D eigenvalue weighted by Crippen LogP contribution is -2.14. The Kier molecular flexibility index (Phi) is 5.62. The number of carbonyl (C=O) groups excluding carboxylic acids is 1. The Labute approximate surface area is 166 Å². The lowest BCUT2D eigenvalue weighted by atomic mass is 10.2. The molecule has 7 heteroatoms. The molecule has 0 saturated heterocycles. The minimum absolute atomic E-state index is 0.159. The molecule has 138 valence electrons. The van der Waals surface area contributed by atoms with Crippen molar-refractivity contribution in [2.75, 3.05) is 10.0 Å². The van der Waals surface area contributed by atoms with E-state index < -0.39 is 10.0 Å². The highest BCUT2D eigenvalue weighted by atomic mass is 79.9. The van der Waals surface area contributed by atoms with Gasteiger partial charge >= 0.3 is 0 Å². The van der Waals surface area contributed by atoms with Gasteiger partial charge in [-0.2, -0.15) is 0 Å². The number of halogens is 1. The second kappa shape index (κ2) is 7.94. The molecule has 0 saturated carbocycles. The molecule has 0 spiro atoms. The first kappa shape index (κ1) is 19.1. The average Bonchev–Trinajstić information content (AvgIpc) is 2.64. The van der Waals surface area contributed by atoms with Crippen molar-refractivity contribution in [1.82, 2.24) is 0 Å². The monoisotopic (exact) mass is 444 g/mol. The van der Waals surface area contributed by atoms with Gasteiger partial charge in [-0.15, -0.1) is 0 Å². The van der Waals surface area contributed by atoms with Gasteiger partial charge in [0.15, 0.2) is 0 Å². The van der Waals surface area contributed by atoms with Crippen molar-refractivity contribution in [3.05, 3.63) is 88.4 Å². The highest BCUT2D eigenvalue weighted by Gasteiger charge is 2.14. The molecular weight excluding hydrogens is 428 g/mol. The zero-order valence-corrected chi connectivity index (χ0v) is 16.8. The van der Waals surface area contributed by atoms with Crippen LogP contribution in [0.15, 0.2) is 82.2 Å². The SMILES string of the molecule is Cc1ccc(NC(=O)c2ccc(NS(=O)(=O)c3ccc(Br)cc3)cc2)cc1. The molecule has 27 heavy (non-hydrogen) atoms. The number of nitrogens with one attached hydrogen (secondary N) is 2. The fourth-order valence-electron chi connectivity index (χ4n) is 2.36. The van der Waals surface area contributed by atoms with Gasteiger partial charge in [0.25, 0.3) is 15.9 Å². The van der Waals surface area contributed by atoms with Crippen LogP contribution in [0.25, 0.3) is 0 Å². The molecule has 0 heterocycles. The normalized spacial score (nSPS) is 11.0. The fourth-order valence-corrected chi connectivity index (χ4v) is 3.68. The number of rotatable bonds is 5. The Balaban J connectivity index is 1.70. The minimum atomic E-state index is -3.69. The molecule has 0 aromatic heterocycles. The zero-order valence-electron chi connectivity index (χ0n) is 14.4. The molecule has 0 bridgehead atoms. The number of hydrogen-bond acceptors (Lipinski definition) is 3. The van der Waals surface area contributed by atoms with Crippen molar-refractivity contribution in [2.24, 2.45) is 0 Å². The van der Waals surface area contributed by atoms with Gasteiger partial charge in [0.1, 0.15) is 0 Å². The van der Waals surface area contributed by atoms with Gasteiger partial charge in [-0.3, -0.25) is 9.52 Å². The van der Waals surface area contributed by atoms with Crippen molar-refractivity contribution in [1.29, 1.82) is 0 Å². The first-order valence-corrected chi connectivity index (χ1v) is 10.4. The highest BCUT2D eigenvalue weighted by molar-refractivity contribution is 9.10. The molecule has 0 radical (unpaired) electrons. The van der Waals surface area contributed by atoms with Crippen molar-refractivity contribution in [2.45, 2.75) is 11.8 Å². The lowest BCUT2D eigenvalue weighted by Gasteiger charge is -2.09. The lowest BCUT2D eigenvalue weighted by molar-refractivity contribution is 0.102. The zero-order chi connectivity index (χ0) is 19.4. The number of benzene rings is 3. The van der Waals surface area contributed by atoms with Crippen LogP contribution in [0.3, 0.4) is 0 Å². The molecule has 0 aliphatic heterocycles. The first-order chi connectivity index (χ1) is 12.8. The topological polar surface area (TPSA) is 75.3 Å². The van der Waals surface area contributed by atoms with E-state index in [0.29, 0.717) is 16.9 Å². The van der Waals surface area contributed by atoms with Gasteiger partial charge in [-0.25, -0.2) is 8.42 Å². The van der Waals surface area contributed by atoms with E-state index in [-0.39, 0.29) is 10.8 Å². The molecule has 2 N–H and O–H groups in total. The molecule has 3 aromatic carbocycles. The fraction of sp³-hybridized carbons (Fsp3) is 0.0500. The third-order valence-corrected chi connectivity index (χ3v) is 5.76. The van der Waals surface area contributed by atoms with Gasteiger partial charge in [0.2, 0.25) is 0 Å².